The van der Waals surface area contributed by atoms with Crippen molar-refractivity contribution in [2.24, 2.45) is 5.92 Å². The molecule has 4 nitrogen and oxygen atoms in total. The fourth-order valence-electron chi connectivity index (χ4n) is 1.63. The third-order valence-corrected chi connectivity index (χ3v) is 2.67. The van der Waals surface area contributed by atoms with Crippen molar-refractivity contribution in [3.05, 3.63) is 47.8 Å². The lowest BCUT2D eigenvalue weighted by molar-refractivity contribution is 0.0803. The average Bonchev–Trinajstić information content (AvgIpc) is 2.96. The Balaban J connectivity index is 2.21. The topological polar surface area (TPSA) is 60.4 Å². The number of ketones is 2. The first-order chi connectivity index (χ1) is 8.11. The first-order valence-electron chi connectivity index (χ1n) is 5.27. The van der Waals surface area contributed by atoms with Gasteiger partial charge in [-0.25, -0.2) is 0 Å². The zero-order chi connectivity index (χ0) is 12.4. The lowest BCUT2D eigenvalue weighted by Gasteiger charge is -2.06. The summed E-state index contributed by atoms with van der Waals surface area (Å²) in [7, 11) is 0. The Labute approximate surface area is 98.2 Å². The molecule has 17 heavy (non-hydrogen) atoms. The molecule has 1 atom stereocenters. The van der Waals surface area contributed by atoms with E-state index in [4.69, 9.17) is 8.83 Å². The maximum absolute atomic E-state index is 12.0. The highest BCUT2D eigenvalue weighted by Gasteiger charge is 2.27. The summed E-state index contributed by atoms with van der Waals surface area (Å²) < 4.78 is 10.0. The molecule has 2 aromatic rings. The first-order valence-corrected chi connectivity index (χ1v) is 5.27. The molecule has 0 saturated heterocycles. The second kappa shape index (κ2) is 4.41. The Morgan fingerprint density at radius 3 is 2.41 bits per heavy atom. The molecule has 0 saturated carbocycles. The van der Waals surface area contributed by atoms with Crippen molar-refractivity contribution in [2.45, 2.75) is 13.8 Å². The molecule has 0 fully saturated rings. The molecule has 0 aliphatic rings. The van der Waals surface area contributed by atoms with Gasteiger partial charge in [0.2, 0.25) is 5.78 Å². The van der Waals surface area contributed by atoms with Gasteiger partial charge in [0.05, 0.1) is 24.0 Å². The van der Waals surface area contributed by atoms with E-state index in [1.165, 1.54) is 12.5 Å². The second-order valence-corrected chi connectivity index (χ2v) is 3.82. The van der Waals surface area contributed by atoms with Gasteiger partial charge in [-0.15, -0.1) is 0 Å². The molecule has 0 radical (unpaired) electrons. The van der Waals surface area contributed by atoms with Crippen molar-refractivity contribution in [1.82, 2.24) is 0 Å². The predicted molar refractivity (Wildman–Crippen MR) is 60.0 cm³/mol. The van der Waals surface area contributed by atoms with E-state index in [1.807, 2.05) is 0 Å². The van der Waals surface area contributed by atoms with Gasteiger partial charge in [-0.1, -0.05) is 0 Å². The fourth-order valence-corrected chi connectivity index (χ4v) is 1.63. The van der Waals surface area contributed by atoms with Gasteiger partial charge in [-0.2, -0.15) is 0 Å². The van der Waals surface area contributed by atoms with Crippen LogP contribution in [0.25, 0.3) is 0 Å². The standard InChI is InChI=1S/C13H12O4/c1-8(13(15)11-4-3-6-17-11)12(14)10-5-7-16-9(10)2/h3-8H,1-2H3. The maximum Gasteiger partial charge on any atom is 0.208 e. The molecule has 0 aliphatic heterocycles. The zero-order valence-electron chi connectivity index (χ0n) is 9.60. The minimum absolute atomic E-state index is 0.201. The molecule has 2 heterocycles. The number of carbonyl (C=O) groups excluding carboxylic acids is 2. The quantitative estimate of drug-likeness (QED) is 0.600. The lowest BCUT2D eigenvalue weighted by atomic mass is 9.94. The summed E-state index contributed by atoms with van der Waals surface area (Å²) in [5, 5.41) is 0. The number of furan rings is 2. The maximum atomic E-state index is 12.0. The molecule has 0 spiro atoms. The van der Waals surface area contributed by atoms with Gasteiger partial charge in [0, 0.05) is 0 Å². The van der Waals surface area contributed by atoms with Crippen molar-refractivity contribution >= 4 is 11.6 Å². The van der Waals surface area contributed by atoms with Crippen LogP contribution in [-0.4, -0.2) is 11.6 Å². The van der Waals surface area contributed by atoms with Crippen molar-refractivity contribution < 1.29 is 18.4 Å². The molecule has 1 unspecified atom stereocenters. The number of hydrogen-bond acceptors (Lipinski definition) is 4. The smallest absolute Gasteiger partial charge is 0.208 e. The average molecular weight is 232 g/mol. The van der Waals surface area contributed by atoms with E-state index in [9.17, 15) is 9.59 Å². The minimum atomic E-state index is -0.766. The minimum Gasteiger partial charge on any atom is -0.469 e. The third kappa shape index (κ3) is 2.06. The van der Waals surface area contributed by atoms with Crippen LogP contribution in [0.1, 0.15) is 33.6 Å². The molecule has 4 heteroatoms. The van der Waals surface area contributed by atoms with E-state index in [2.05, 4.69) is 0 Å². The molecule has 2 aromatic heterocycles. The third-order valence-electron chi connectivity index (χ3n) is 2.67. The van der Waals surface area contributed by atoms with Crippen molar-refractivity contribution in [3.63, 3.8) is 0 Å². The highest BCUT2D eigenvalue weighted by Crippen LogP contribution is 2.18. The van der Waals surface area contributed by atoms with Crippen LogP contribution in [0.15, 0.2) is 39.6 Å². The lowest BCUT2D eigenvalue weighted by Crippen LogP contribution is -2.21. The Morgan fingerprint density at radius 1 is 1.12 bits per heavy atom. The number of rotatable bonds is 4. The van der Waals surface area contributed by atoms with Gasteiger partial charge in [0.1, 0.15) is 5.76 Å². The summed E-state index contributed by atoms with van der Waals surface area (Å²) in [6.45, 7) is 3.26. The van der Waals surface area contributed by atoms with Crippen LogP contribution >= 0.6 is 0 Å². The van der Waals surface area contributed by atoms with E-state index in [0.29, 0.717) is 11.3 Å². The number of carbonyl (C=O) groups is 2. The van der Waals surface area contributed by atoms with Crippen LogP contribution in [0.3, 0.4) is 0 Å². The zero-order valence-corrected chi connectivity index (χ0v) is 9.60. The highest BCUT2D eigenvalue weighted by molar-refractivity contribution is 6.15. The molecule has 0 aliphatic carbocycles. The van der Waals surface area contributed by atoms with Crippen LogP contribution in [0.4, 0.5) is 0 Å². The van der Waals surface area contributed by atoms with E-state index in [0.717, 1.165) is 0 Å². The Morgan fingerprint density at radius 2 is 1.88 bits per heavy atom. The Kier molecular flexibility index (Phi) is 2.95. The fraction of sp³-hybridized carbons (Fsp3) is 0.231. The summed E-state index contributed by atoms with van der Waals surface area (Å²) in [5.41, 5.74) is 0.442. The summed E-state index contributed by atoms with van der Waals surface area (Å²) in [4.78, 5) is 23.9. The first kappa shape index (κ1) is 11.4. The summed E-state index contributed by atoms with van der Waals surface area (Å²) >= 11 is 0. The van der Waals surface area contributed by atoms with Crippen LogP contribution in [0.2, 0.25) is 0 Å². The summed E-state index contributed by atoms with van der Waals surface area (Å²) in [5.74, 6) is -0.614. The molecule has 0 N–H and O–H groups in total. The largest absolute Gasteiger partial charge is 0.469 e. The Hall–Kier alpha value is -2.10. The van der Waals surface area contributed by atoms with E-state index in [1.54, 1.807) is 32.0 Å². The van der Waals surface area contributed by atoms with Gasteiger partial charge in [-0.05, 0) is 32.0 Å². The monoisotopic (exact) mass is 232 g/mol. The second-order valence-electron chi connectivity index (χ2n) is 3.82. The summed E-state index contributed by atoms with van der Waals surface area (Å²) in [6.07, 6.45) is 2.85. The van der Waals surface area contributed by atoms with E-state index >= 15 is 0 Å². The van der Waals surface area contributed by atoms with E-state index < -0.39 is 5.92 Å². The van der Waals surface area contributed by atoms with Crippen LogP contribution in [0, 0.1) is 12.8 Å². The van der Waals surface area contributed by atoms with Gasteiger partial charge in [-0.3, -0.25) is 9.59 Å². The molecule has 88 valence electrons. The van der Waals surface area contributed by atoms with Crippen LogP contribution < -0.4 is 0 Å². The van der Waals surface area contributed by atoms with Gasteiger partial charge in [0.25, 0.3) is 0 Å². The normalized spacial score (nSPS) is 12.4. The van der Waals surface area contributed by atoms with Crippen LogP contribution in [0.5, 0.6) is 0 Å². The van der Waals surface area contributed by atoms with Gasteiger partial charge in [0.15, 0.2) is 11.5 Å². The predicted octanol–water partition coefficient (Wildman–Crippen LogP) is 2.88. The SMILES string of the molecule is Cc1occc1C(=O)C(C)C(=O)c1ccco1. The van der Waals surface area contributed by atoms with Gasteiger partial charge >= 0.3 is 0 Å². The highest BCUT2D eigenvalue weighted by atomic mass is 16.3. The molecule has 0 aromatic carbocycles. The molecular formula is C13H12O4. The molecule has 2 rings (SSSR count). The molecule has 0 bridgehead atoms. The van der Waals surface area contributed by atoms with Crippen molar-refractivity contribution in [1.29, 1.82) is 0 Å². The van der Waals surface area contributed by atoms with Crippen LogP contribution in [-0.2, 0) is 0 Å². The molecular weight excluding hydrogens is 220 g/mol. The Bertz CT molecular complexity index is 534. The van der Waals surface area contributed by atoms with Gasteiger partial charge < -0.3 is 8.83 Å². The number of aryl methyl sites for hydroxylation is 1. The van der Waals surface area contributed by atoms with E-state index in [-0.39, 0.29) is 17.3 Å². The number of hydrogen-bond donors (Lipinski definition) is 0. The van der Waals surface area contributed by atoms with Crippen molar-refractivity contribution in [3.8, 4) is 0 Å². The van der Waals surface area contributed by atoms with Crippen molar-refractivity contribution in [2.75, 3.05) is 0 Å². The summed E-state index contributed by atoms with van der Waals surface area (Å²) in [6, 6.07) is 4.74. The molecule has 0 amide bonds. The number of Topliss-reactive ketones (excluding diaryl/α,β-unsaturated/α-hetero) is 2.